The fraction of sp³-hybridized carbons (Fsp3) is 0.167. The first-order valence-electron chi connectivity index (χ1n) is 4.98. The van der Waals surface area contributed by atoms with Gasteiger partial charge in [0.05, 0.1) is 0 Å². The molecule has 4 heteroatoms. The summed E-state index contributed by atoms with van der Waals surface area (Å²) < 4.78 is 0. The first-order chi connectivity index (χ1) is 7.63. The van der Waals surface area contributed by atoms with Crippen LogP contribution in [-0.4, -0.2) is 9.97 Å². The molecule has 0 aliphatic carbocycles. The molecule has 2 rings (SSSR count). The highest BCUT2D eigenvalue weighted by Gasteiger charge is 2.02. The normalized spacial score (nSPS) is 10.4. The lowest BCUT2D eigenvalue weighted by molar-refractivity contribution is 0.932. The number of aromatic nitrogens is 2. The molecule has 0 spiro atoms. The molecule has 16 heavy (non-hydrogen) atoms. The van der Waals surface area contributed by atoms with Crippen LogP contribution in [0.5, 0.6) is 0 Å². The van der Waals surface area contributed by atoms with Gasteiger partial charge in [0, 0.05) is 22.5 Å². The molecule has 0 saturated carbocycles. The van der Waals surface area contributed by atoms with Gasteiger partial charge in [-0.1, -0.05) is 0 Å². The van der Waals surface area contributed by atoms with Gasteiger partial charge in [-0.25, -0.2) is 9.97 Å². The average Bonchev–Trinajstić information content (AvgIpc) is 2.15. The van der Waals surface area contributed by atoms with Crippen LogP contribution in [0.25, 0.3) is 0 Å². The van der Waals surface area contributed by atoms with Gasteiger partial charge in [-0.05, 0) is 55.4 Å². The maximum absolute atomic E-state index is 5.79. The van der Waals surface area contributed by atoms with Gasteiger partial charge in [0.2, 0.25) is 0 Å². The Balaban J connectivity index is 2.27. The number of nitrogen functional groups attached to an aromatic ring is 1. The molecule has 1 aromatic heterocycles. The number of nitrogens with two attached hydrogens (primary N) is 1. The van der Waals surface area contributed by atoms with Gasteiger partial charge in [-0.3, -0.25) is 0 Å². The average molecular weight is 231 g/mol. The molecule has 0 saturated heterocycles. The van der Waals surface area contributed by atoms with Crippen molar-refractivity contribution in [3.8, 4) is 0 Å². The molecule has 1 aromatic carbocycles. The fourth-order valence-electron chi connectivity index (χ4n) is 1.42. The van der Waals surface area contributed by atoms with Gasteiger partial charge in [-0.15, -0.1) is 0 Å². The van der Waals surface area contributed by atoms with Crippen molar-refractivity contribution in [1.29, 1.82) is 0 Å². The predicted molar refractivity (Wildman–Crippen MR) is 66.5 cm³/mol. The van der Waals surface area contributed by atoms with Crippen molar-refractivity contribution in [1.82, 2.24) is 9.97 Å². The molecule has 3 nitrogen and oxygen atoms in total. The number of rotatable bonds is 2. The van der Waals surface area contributed by atoms with Crippen LogP contribution in [0, 0.1) is 13.8 Å². The number of hydrogen-bond donors (Lipinski definition) is 1. The lowest BCUT2D eigenvalue weighted by Crippen LogP contribution is -1.90. The SMILES string of the molecule is Cc1cc(N)cc(Sc2nccc(C)n2)c1. The van der Waals surface area contributed by atoms with E-state index in [1.165, 1.54) is 11.8 Å². The van der Waals surface area contributed by atoms with Crippen LogP contribution in [0.1, 0.15) is 11.3 Å². The zero-order chi connectivity index (χ0) is 11.5. The number of aryl methyl sites for hydroxylation is 2. The van der Waals surface area contributed by atoms with Crippen LogP contribution >= 0.6 is 11.8 Å². The number of nitrogens with zero attached hydrogens (tertiary/aromatic N) is 2. The Morgan fingerprint density at radius 2 is 2.00 bits per heavy atom. The van der Waals surface area contributed by atoms with E-state index in [4.69, 9.17) is 5.73 Å². The first kappa shape index (κ1) is 11.0. The highest BCUT2D eigenvalue weighted by molar-refractivity contribution is 7.99. The summed E-state index contributed by atoms with van der Waals surface area (Å²) in [6, 6.07) is 7.84. The van der Waals surface area contributed by atoms with E-state index >= 15 is 0 Å². The Bertz CT molecular complexity index is 491. The van der Waals surface area contributed by atoms with E-state index in [1.54, 1.807) is 6.20 Å². The third kappa shape index (κ3) is 2.73. The number of anilines is 1. The van der Waals surface area contributed by atoms with E-state index in [-0.39, 0.29) is 0 Å². The van der Waals surface area contributed by atoms with Crippen LogP contribution in [0.2, 0.25) is 0 Å². The molecule has 1 heterocycles. The van der Waals surface area contributed by atoms with Crippen LogP contribution in [-0.2, 0) is 0 Å². The van der Waals surface area contributed by atoms with Gasteiger partial charge < -0.3 is 5.73 Å². The number of hydrogen-bond acceptors (Lipinski definition) is 4. The minimum absolute atomic E-state index is 0.755. The molecule has 0 amide bonds. The molecule has 2 N–H and O–H groups in total. The van der Waals surface area contributed by atoms with Crippen molar-refractivity contribution in [3.63, 3.8) is 0 Å². The summed E-state index contributed by atoms with van der Waals surface area (Å²) in [5, 5.41) is 0.755. The molecular weight excluding hydrogens is 218 g/mol. The summed E-state index contributed by atoms with van der Waals surface area (Å²) in [5.41, 5.74) is 8.68. The second-order valence-electron chi connectivity index (χ2n) is 3.66. The Morgan fingerprint density at radius 1 is 1.19 bits per heavy atom. The molecule has 0 atom stereocenters. The van der Waals surface area contributed by atoms with Crippen molar-refractivity contribution in [3.05, 3.63) is 41.7 Å². The van der Waals surface area contributed by atoms with Crippen molar-refractivity contribution in [2.24, 2.45) is 0 Å². The summed E-state index contributed by atoms with van der Waals surface area (Å²) >= 11 is 1.53. The quantitative estimate of drug-likeness (QED) is 0.638. The van der Waals surface area contributed by atoms with Gasteiger partial charge in [0.25, 0.3) is 0 Å². The maximum atomic E-state index is 5.79. The standard InChI is InChI=1S/C12H13N3S/c1-8-5-10(13)7-11(6-8)16-12-14-4-3-9(2)15-12/h3-7H,13H2,1-2H3. The molecule has 0 radical (unpaired) electrons. The van der Waals surface area contributed by atoms with Gasteiger partial charge in [0.15, 0.2) is 5.16 Å². The van der Waals surface area contributed by atoms with Gasteiger partial charge in [-0.2, -0.15) is 0 Å². The summed E-state index contributed by atoms with van der Waals surface area (Å²) in [5.74, 6) is 0. The zero-order valence-corrected chi connectivity index (χ0v) is 10.1. The third-order valence-electron chi connectivity index (χ3n) is 2.06. The molecule has 0 bridgehead atoms. The van der Waals surface area contributed by atoms with Crippen molar-refractivity contribution in [2.45, 2.75) is 23.9 Å². The molecule has 0 fully saturated rings. The minimum atomic E-state index is 0.755. The van der Waals surface area contributed by atoms with E-state index in [9.17, 15) is 0 Å². The monoisotopic (exact) mass is 231 g/mol. The predicted octanol–water partition coefficient (Wildman–Crippen LogP) is 2.83. The lowest BCUT2D eigenvalue weighted by atomic mass is 10.2. The van der Waals surface area contributed by atoms with E-state index in [1.807, 2.05) is 32.0 Å². The largest absolute Gasteiger partial charge is 0.399 e. The third-order valence-corrected chi connectivity index (χ3v) is 2.91. The number of benzene rings is 1. The molecule has 82 valence electrons. The highest BCUT2D eigenvalue weighted by Crippen LogP contribution is 2.27. The van der Waals surface area contributed by atoms with Gasteiger partial charge >= 0.3 is 0 Å². The highest BCUT2D eigenvalue weighted by atomic mass is 32.2. The minimum Gasteiger partial charge on any atom is -0.399 e. The smallest absolute Gasteiger partial charge is 0.192 e. The van der Waals surface area contributed by atoms with E-state index in [0.717, 1.165) is 27.0 Å². The van der Waals surface area contributed by atoms with Crippen molar-refractivity contribution < 1.29 is 0 Å². The van der Waals surface area contributed by atoms with Crippen molar-refractivity contribution >= 4 is 17.4 Å². The summed E-state index contributed by atoms with van der Waals surface area (Å²) in [7, 11) is 0. The van der Waals surface area contributed by atoms with Crippen LogP contribution < -0.4 is 5.73 Å². The van der Waals surface area contributed by atoms with Crippen LogP contribution in [0.15, 0.2) is 40.5 Å². The second-order valence-corrected chi connectivity index (χ2v) is 4.70. The Labute approximate surface area is 99.1 Å². The van der Waals surface area contributed by atoms with Crippen LogP contribution in [0.4, 0.5) is 5.69 Å². The zero-order valence-electron chi connectivity index (χ0n) is 9.27. The second kappa shape index (κ2) is 4.53. The van der Waals surface area contributed by atoms with E-state index in [2.05, 4.69) is 16.0 Å². The summed E-state index contributed by atoms with van der Waals surface area (Å²) in [4.78, 5) is 9.62. The first-order valence-corrected chi connectivity index (χ1v) is 5.80. The molecule has 2 aromatic rings. The van der Waals surface area contributed by atoms with Gasteiger partial charge in [0.1, 0.15) is 0 Å². The molecular formula is C12H13N3S. The summed E-state index contributed by atoms with van der Waals surface area (Å²) in [6.07, 6.45) is 1.77. The van der Waals surface area contributed by atoms with E-state index in [0.29, 0.717) is 0 Å². The van der Waals surface area contributed by atoms with Crippen LogP contribution in [0.3, 0.4) is 0 Å². The topological polar surface area (TPSA) is 51.8 Å². The Hall–Kier alpha value is -1.55. The Kier molecular flexibility index (Phi) is 3.10. The van der Waals surface area contributed by atoms with E-state index < -0.39 is 0 Å². The molecule has 0 aliphatic rings. The van der Waals surface area contributed by atoms with Crippen molar-refractivity contribution in [2.75, 3.05) is 5.73 Å². The Morgan fingerprint density at radius 3 is 2.69 bits per heavy atom. The summed E-state index contributed by atoms with van der Waals surface area (Å²) in [6.45, 7) is 3.98. The molecule has 0 aliphatic heterocycles. The maximum Gasteiger partial charge on any atom is 0.192 e. The molecule has 0 unspecified atom stereocenters. The fourth-order valence-corrected chi connectivity index (χ4v) is 2.37. The lowest BCUT2D eigenvalue weighted by Gasteiger charge is -2.03.